The molecule has 4 nitrogen and oxygen atoms in total. The standard InChI is InChI=1S/C14H18F2N2O2S/c15-13(16)20-11-1-3-12(4-2-11)21(19)18-7-5-14(6-8-18)9-17-10-14/h1-4,13,17H,5-10H2. The summed E-state index contributed by atoms with van der Waals surface area (Å²) >= 11 is 0. The molecule has 0 radical (unpaired) electrons. The topological polar surface area (TPSA) is 41.6 Å². The third-order valence-electron chi connectivity index (χ3n) is 4.27. The number of ether oxygens (including phenoxy) is 1. The SMILES string of the molecule is O=S(c1ccc(OC(F)F)cc1)N1CCC2(CC1)CNC2. The summed E-state index contributed by atoms with van der Waals surface area (Å²) in [5.74, 6) is 0.0869. The molecule has 1 atom stereocenters. The molecule has 0 amide bonds. The Kier molecular flexibility index (Phi) is 4.24. The number of alkyl halides is 2. The summed E-state index contributed by atoms with van der Waals surface area (Å²) in [7, 11) is -1.23. The Morgan fingerprint density at radius 2 is 1.81 bits per heavy atom. The van der Waals surface area contributed by atoms with Crippen molar-refractivity contribution in [1.82, 2.24) is 9.62 Å². The van der Waals surface area contributed by atoms with Gasteiger partial charge in [-0.3, -0.25) is 0 Å². The van der Waals surface area contributed by atoms with Gasteiger partial charge in [-0.1, -0.05) is 0 Å². The number of nitrogens with zero attached hydrogens (tertiary/aromatic N) is 1. The lowest BCUT2D eigenvalue weighted by atomic mass is 9.74. The molecule has 7 heteroatoms. The number of hydrogen-bond acceptors (Lipinski definition) is 3. The van der Waals surface area contributed by atoms with E-state index in [0.29, 0.717) is 10.3 Å². The van der Waals surface area contributed by atoms with Crippen LogP contribution in [0.3, 0.4) is 0 Å². The average molecular weight is 316 g/mol. The van der Waals surface area contributed by atoms with Crippen LogP contribution in [-0.4, -0.2) is 41.3 Å². The highest BCUT2D eigenvalue weighted by Crippen LogP contribution is 2.36. The maximum absolute atomic E-state index is 12.5. The number of nitrogens with one attached hydrogen (secondary N) is 1. The minimum Gasteiger partial charge on any atom is -0.435 e. The molecule has 1 aromatic carbocycles. The summed E-state index contributed by atoms with van der Waals surface area (Å²) in [6.45, 7) is 0.906. The molecule has 2 fully saturated rings. The molecule has 1 N–H and O–H groups in total. The second kappa shape index (κ2) is 5.98. The van der Waals surface area contributed by atoms with E-state index in [-0.39, 0.29) is 5.75 Å². The molecule has 2 heterocycles. The fraction of sp³-hybridized carbons (Fsp3) is 0.571. The predicted molar refractivity (Wildman–Crippen MR) is 75.6 cm³/mol. The summed E-state index contributed by atoms with van der Waals surface area (Å²) in [5, 5.41) is 3.30. The summed E-state index contributed by atoms with van der Waals surface area (Å²) in [5.41, 5.74) is 0.412. The predicted octanol–water partition coefficient (Wildman–Crippen LogP) is 2.00. The molecule has 0 bridgehead atoms. The van der Waals surface area contributed by atoms with Gasteiger partial charge in [0.25, 0.3) is 0 Å². The third-order valence-corrected chi connectivity index (χ3v) is 5.78. The number of hydrogen-bond donors (Lipinski definition) is 1. The number of piperidine rings is 1. The fourth-order valence-corrected chi connectivity index (χ4v) is 4.03. The fourth-order valence-electron chi connectivity index (χ4n) is 2.85. The van der Waals surface area contributed by atoms with Crippen molar-refractivity contribution in [1.29, 1.82) is 0 Å². The van der Waals surface area contributed by atoms with Gasteiger partial charge in [0.2, 0.25) is 0 Å². The van der Waals surface area contributed by atoms with E-state index >= 15 is 0 Å². The Hall–Kier alpha value is -1.05. The van der Waals surface area contributed by atoms with Crippen LogP contribution >= 0.6 is 0 Å². The summed E-state index contributed by atoms with van der Waals surface area (Å²) in [6.07, 6.45) is 2.11. The molecule has 0 aliphatic carbocycles. The molecule has 116 valence electrons. The van der Waals surface area contributed by atoms with Crippen LogP contribution in [0.1, 0.15) is 12.8 Å². The van der Waals surface area contributed by atoms with E-state index in [0.717, 1.165) is 39.0 Å². The molecular formula is C14H18F2N2O2S. The normalized spacial score (nSPS) is 23.0. The molecule has 0 aromatic heterocycles. The highest BCUT2D eigenvalue weighted by atomic mass is 32.2. The van der Waals surface area contributed by atoms with Crippen LogP contribution in [0.5, 0.6) is 5.75 Å². The lowest BCUT2D eigenvalue weighted by Crippen LogP contribution is -2.58. The first-order chi connectivity index (χ1) is 10.1. The van der Waals surface area contributed by atoms with Crippen LogP contribution in [-0.2, 0) is 11.0 Å². The van der Waals surface area contributed by atoms with Gasteiger partial charge < -0.3 is 10.1 Å². The van der Waals surface area contributed by atoms with Gasteiger partial charge in [0.05, 0.1) is 4.90 Å². The Morgan fingerprint density at radius 1 is 1.19 bits per heavy atom. The van der Waals surface area contributed by atoms with Gasteiger partial charge in [0.15, 0.2) is 0 Å². The smallest absolute Gasteiger partial charge is 0.387 e. The van der Waals surface area contributed by atoms with Gasteiger partial charge in [-0.15, -0.1) is 0 Å². The Morgan fingerprint density at radius 3 is 2.29 bits per heavy atom. The molecule has 21 heavy (non-hydrogen) atoms. The molecule has 2 aliphatic heterocycles. The lowest BCUT2D eigenvalue weighted by molar-refractivity contribution is -0.0498. The zero-order chi connectivity index (χ0) is 14.9. The van der Waals surface area contributed by atoms with Gasteiger partial charge in [-0.25, -0.2) is 8.51 Å². The highest BCUT2D eigenvalue weighted by molar-refractivity contribution is 7.82. The van der Waals surface area contributed by atoms with Crippen LogP contribution in [0.4, 0.5) is 8.78 Å². The van der Waals surface area contributed by atoms with Crippen molar-refractivity contribution in [3.8, 4) is 5.75 Å². The van der Waals surface area contributed by atoms with Crippen molar-refractivity contribution in [3.63, 3.8) is 0 Å². The quantitative estimate of drug-likeness (QED) is 0.924. The van der Waals surface area contributed by atoms with Crippen LogP contribution in [0.2, 0.25) is 0 Å². The maximum atomic E-state index is 12.5. The van der Waals surface area contributed by atoms with E-state index in [4.69, 9.17) is 0 Å². The van der Waals surface area contributed by atoms with E-state index < -0.39 is 17.6 Å². The largest absolute Gasteiger partial charge is 0.435 e. The second-order valence-electron chi connectivity index (χ2n) is 5.63. The summed E-state index contributed by atoms with van der Waals surface area (Å²) < 4.78 is 42.9. The van der Waals surface area contributed by atoms with Crippen molar-refractivity contribution >= 4 is 11.0 Å². The van der Waals surface area contributed by atoms with Gasteiger partial charge in [-0.2, -0.15) is 8.78 Å². The minimum absolute atomic E-state index is 0.0869. The second-order valence-corrected chi connectivity index (χ2v) is 7.12. The summed E-state index contributed by atoms with van der Waals surface area (Å²) in [4.78, 5) is 0.624. The number of rotatable bonds is 4. The Bertz CT molecular complexity index is 510. The molecule has 2 aliphatic rings. The van der Waals surface area contributed by atoms with Gasteiger partial charge in [0, 0.05) is 26.2 Å². The molecule has 0 saturated carbocycles. The number of benzene rings is 1. The van der Waals surface area contributed by atoms with Gasteiger partial charge >= 0.3 is 6.61 Å². The van der Waals surface area contributed by atoms with Crippen molar-refractivity contribution in [2.75, 3.05) is 26.2 Å². The molecular weight excluding hydrogens is 298 g/mol. The minimum atomic E-state index is -2.84. The van der Waals surface area contributed by atoms with E-state index in [1.54, 1.807) is 12.1 Å². The zero-order valence-electron chi connectivity index (χ0n) is 11.6. The van der Waals surface area contributed by atoms with Crippen LogP contribution in [0, 0.1) is 5.41 Å². The molecule has 1 spiro atoms. The van der Waals surface area contributed by atoms with E-state index in [1.165, 1.54) is 12.1 Å². The van der Waals surface area contributed by atoms with Crippen molar-refractivity contribution < 1.29 is 17.7 Å². The summed E-state index contributed by atoms with van der Waals surface area (Å²) in [6, 6.07) is 6.04. The first kappa shape index (κ1) is 14.9. The van der Waals surface area contributed by atoms with Crippen molar-refractivity contribution in [3.05, 3.63) is 24.3 Å². The monoisotopic (exact) mass is 316 g/mol. The van der Waals surface area contributed by atoms with Crippen molar-refractivity contribution in [2.24, 2.45) is 5.41 Å². The van der Waals surface area contributed by atoms with Gasteiger partial charge in [0.1, 0.15) is 16.7 Å². The first-order valence-corrected chi connectivity index (χ1v) is 8.11. The first-order valence-electron chi connectivity index (χ1n) is 7.00. The molecule has 1 unspecified atom stereocenters. The molecule has 2 saturated heterocycles. The van der Waals surface area contributed by atoms with Gasteiger partial charge in [-0.05, 0) is 42.5 Å². The highest BCUT2D eigenvalue weighted by Gasteiger charge is 2.40. The lowest BCUT2D eigenvalue weighted by Gasteiger charge is -2.47. The molecule has 1 aromatic rings. The average Bonchev–Trinajstić information content (AvgIpc) is 2.45. The van der Waals surface area contributed by atoms with Crippen LogP contribution in [0.25, 0.3) is 0 Å². The van der Waals surface area contributed by atoms with Crippen LogP contribution < -0.4 is 10.1 Å². The maximum Gasteiger partial charge on any atom is 0.387 e. The van der Waals surface area contributed by atoms with E-state index in [2.05, 4.69) is 10.1 Å². The van der Waals surface area contributed by atoms with Crippen molar-refractivity contribution in [2.45, 2.75) is 24.3 Å². The number of halogens is 2. The molecule has 3 rings (SSSR count). The zero-order valence-corrected chi connectivity index (χ0v) is 12.4. The Labute approximate surface area is 125 Å². The van der Waals surface area contributed by atoms with E-state index in [9.17, 15) is 13.0 Å². The Balaban J connectivity index is 1.60. The third kappa shape index (κ3) is 3.25. The van der Waals surface area contributed by atoms with Crippen LogP contribution in [0.15, 0.2) is 29.2 Å². The van der Waals surface area contributed by atoms with E-state index in [1.807, 2.05) is 4.31 Å².